The molecule has 1 heterocycles. The first-order valence-electron chi connectivity index (χ1n) is 9.86. The SMILES string of the molecule is CCOC1CC(N)(C(=O)NCCCN2CCc3ccccc3C2)C1(C)C. The summed E-state index contributed by atoms with van der Waals surface area (Å²) in [7, 11) is 0. The first-order valence-corrected chi connectivity index (χ1v) is 9.86. The number of hydrogen-bond donors (Lipinski definition) is 2. The van der Waals surface area contributed by atoms with Crippen molar-refractivity contribution in [1.82, 2.24) is 10.2 Å². The summed E-state index contributed by atoms with van der Waals surface area (Å²) in [6.07, 6.45) is 2.72. The summed E-state index contributed by atoms with van der Waals surface area (Å²) < 4.78 is 5.71. The second kappa shape index (κ2) is 7.67. The molecule has 26 heavy (non-hydrogen) atoms. The fraction of sp³-hybridized carbons (Fsp3) is 0.667. The Labute approximate surface area is 157 Å². The first-order chi connectivity index (χ1) is 12.4. The van der Waals surface area contributed by atoms with Crippen molar-refractivity contribution in [2.45, 2.75) is 58.2 Å². The lowest BCUT2D eigenvalue weighted by Gasteiger charge is -2.57. The van der Waals surface area contributed by atoms with Crippen LogP contribution in [0.15, 0.2) is 24.3 Å². The minimum absolute atomic E-state index is 0.0394. The van der Waals surface area contributed by atoms with Crippen LogP contribution in [0.5, 0.6) is 0 Å². The van der Waals surface area contributed by atoms with Gasteiger partial charge in [-0.3, -0.25) is 9.69 Å². The largest absolute Gasteiger partial charge is 0.378 e. The van der Waals surface area contributed by atoms with E-state index in [1.165, 1.54) is 11.1 Å². The van der Waals surface area contributed by atoms with E-state index in [4.69, 9.17) is 10.5 Å². The smallest absolute Gasteiger partial charge is 0.240 e. The van der Waals surface area contributed by atoms with Crippen molar-refractivity contribution in [1.29, 1.82) is 0 Å². The fourth-order valence-corrected chi connectivity index (χ4v) is 4.23. The van der Waals surface area contributed by atoms with Crippen molar-refractivity contribution >= 4 is 5.91 Å². The summed E-state index contributed by atoms with van der Waals surface area (Å²) in [5.41, 5.74) is 8.17. The van der Waals surface area contributed by atoms with Gasteiger partial charge in [0.05, 0.1) is 6.10 Å². The molecule has 1 aromatic rings. The van der Waals surface area contributed by atoms with Gasteiger partial charge in [0.25, 0.3) is 0 Å². The maximum absolute atomic E-state index is 12.6. The van der Waals surface area contributed by atoms with Crippen molar-refractivity contribution in [3.05, 3.63) is 35.4 Å². The third-order valence-corrected chi connectivity index (χ3v) is 6.38. The quantitative estimate of drug-likeness (QED) is 0.732. The molecule has 2 atom stereocenters. The zero-order valence-electron chi connectivity index (χ0n) is 16.4. The van der Waals surface area contributed by atoms with Gasteiger partial charge in [-0.2, -0.15) is 0 Å². The van der Waals surface area contributed by atoms with E-state index >= 15 is 0 Å². The molecule has 5 nitrogen and oxygen atoms in total. The molecule has 0 spiro atoms. The van der Waals surface area contributed by atoms with Crippen LogP contribution in [0.3, 0.4) is 0 Å². The molecule has 1 saturated carbocycles. The van der Waals surface area contributed by atoms with Crippen molar-refractivity contribution < 1.29 is 9.53 Å². The third-order valence-electron chi connectivity index (χ3n) is 6.38. The van der Waals surface area contributed by atoms with Crippen LogP contribution in [0.2, 0.25) is 0 Å². The molecule has 3 N–H and O–H groups in total. The molecule has 1 aliphatic heterocycles. The average Bonchev–Trinajstić information content (AvgIpc) is 2.64. The Balaban J connectivity index is 1.41. The molecule has 2 unspecified atom stereocenters. The second-order valence-corrected chi connectivity index (χ2v) is 8.25. The summed E-state index contributed by atoms with van der Waals surface area (Å²) in [6, 6.07) is 8.67. The Bertz CT molecular complexity index is 646. The number of nitrogens with one attached hydrogen (secondary N) is 1. The van der Waals surface area contributed by atoms with Crippen molar-refractivity contribution in [2.24, 2.45) is 11.1 Å². The molecule has 5 heteroatoms. The zero-order chi connectivity index (χ0) is 18.8. The minimum atomic E-state index is -0.823. The fourth-order valence-electron chi connectivity index (χ4n) is 4.23. The lowest BCUT2D eigenvalue weighted by Crippen LogP contribution is -2.75. The van der Waals surface area contributed by atoms with Crippen LogP contribution >= 0.6 is 0 Å². The van der Waals surface area contributed by atoms with Crippen molar-refractivity contribution in [2.75, 3.05) is 26.2 Å². The van der Waals surface area contributed by atoms with Gasteiger partial charge in [0.1, 0.15) is 5.54 Å². The third kappa shape index (κ3) is 3.53. The van der Waals surface area contributed by atoms with Crippen molar-refractivity contribution in [3.63, 3.8) is 0 Å². The van der Waals surface area contributed by atoms with Crippen molar-refractivity contribution in [3.8, 4) is 0 Å². The summed E-state index contributed by atoms with van der Waals surface area (Å²) in [5, 5.41) is 3.06. The molecule has 0 aromatic heterocycles. The van der Waals surface area contributed by atoms with Crippen LogP contribution in [0.25, 0.3) is 0 Å². The maximum atomic E-state index is 12.6. The van der Waals surface area contributed by atoms with Gasteiger partial charge in [0.2, 0.25) is 5.91 Å². The highest BCUT2D eigenvalue weighted by Crippen LogP contribution is 2.49. The Hall–Kier alpha value is -1.43. The van der Waals surface area contributed by atoms with Gasteiger partial charge in [-0.05, 0) is 30.9 Å². The lowest BCUT2D eigenvalue weighted by atomic mass is 9.54. The van der Waals surface area contributed by atoms with Crippen LogP contribution in [-0.4, -0.2) is 48.7 Å². The molecule has 1 aliphatic carbocycles. The molecule has 1 aromatic carbocycles. The molecule has 1 amide bonds. The van der Waals surface area contributed by atoms with E-state index in [1.807, 2.05) is 20.8 Å². The number of amides is 1. The summed E-state index contributed by atoms with van der Waals surface area (Å²) >= 11 is 0. The monoisotopic (exact) mass is 359 g/mol. The van der Waals surface area contributed by atoms with E-state index in [0.717, 1.165) is 32.5 Å². The highest BCUT2D eigenvalue weighted by molar-refractivity contribution is 5.88. The highest BCUT2D eigenvalue weighted by atomic mass is 16.5. The number of nitrogens with zero attached hydrogens (tertiary/aromatic N) is 1. The van der Waals surface area contributed by atoms with Gasteiger partial charge in [0.15, 0.2) is 0 Å². The van der Waals surface area contributed by atoms with Gasteiger partial charge >= 0.3 is 0 Å². The average molecular weight is 360 g/mol. The van der Waals surface area contributed by atoms with Gasteiger partial charge < -0.3 is 15.8 Å². The first kappa shape index (κ1) is 19.3. The topological polar surface area (TPSA) is 67.6 Å². The molecular weight excluding hydrogens is 326 g/mol. The number of nitrogens with two attached hydrogens (primary N) is 1. The number of ether oxygens (including phenoxy) is 1. The Kier molecular flexibility index (Phi) is 5.70. The van der Waals surface area contributed by atoms with Crippen LogP contribution in [0.1, 0.15) is 44.7 Å². The second-order valence-electron chi connectivity index (χ2n) is 8.25. The Morgan fingerprint density at radius 3 is 2.77 bits per heavy atom. The lowest BCUT2D eigenvalue weighted by molar-refractivity contribution is -0.170. The van der Waals surface area contributed by atoms with Crippen LogP contribution in [0, 0.1) is 5.41 Å². The Morgan fingerprint density at radius 2 is 2.08 bits per heavy atom. The molecule has 0 saturated heterocycles. The minimum Gasteiger partial charge on any atom is -0.378 e. The number of carbonyl (C=O) groups excluding carboxylic acids is 1. The van der Waals surface area contributed by atoms with Crippen LogP contribution in [-0.2, 0) is 22.5 Å². The maximum Gasteiger partial charge on any atom is 0.240 e. The highest BCUT2D eigenvalue weighted by Gasteiger charge is 2.62. The molecule has 1 fully saturated rings. The summed E-state index contributed by atoms with van der Waals surface area (Å²) in [6.45, 7) is 10.5. The molecular formula is C21H33N3O2. The van der Waals surface area contributed by atoms with Crippen LogP contribution < -0.4 is 11.1 Å². The predicted molar refractivity (Wildman–Crippen MR) is 104 cm³/mol. The molecule has 0 radical (unpaired) electrons. The van der Waals surface area contributed by atoms with E-state index in [9.17, 15) is 4.79 Å². The number of rotatable bonds is 7. The summed E-state index contributed by atoms with van der Waals surface area (Å²) in [4.78, 5) is 15.1. The molecule has 0 bridgehead atoms. The number of carbonyl (C=O) groups is 1. The van der Waals surface area contributed by atoms with E-state index in [-0.39, 0.29) is 17.4 Å². The van der Waals surface area contributed by atoms with E-state index < -0.39 is 5.54 Å². The zero-order valence-corrected chi connectivity index (χ0v) is 16.4. The van der Waals surface area contributed by atoms with E-state index in [1.54, 1.807) is 0 Å². The number of hydrogen-bond acceptors (Lipinski definition) is 4. The van der Waals surface area contributed by atoms with Gasteiger partial charge in [-0.1, -0.05) is 38.1 Å². The predicted octanol–water partition coefficient (Wildman–Crippen LogP) is 2.08. The molecule has 2 aliphatic rings. The normalized spacial score (nSPS) is 27.5. The van der Waals surface area contributed by atoms with Gasteiger partial charge in [-0.25, -0.2) is 0 Å². The van der Waals surface area contributed by atoms with Gasteiger partial charge in [0, 0.05) is 44.6 Å². The Morgan fingerprint density at radius 1 is 1.35 bits per heavy atom. The molecule has 144 valence electrons. The standard InChI is InChI=1S/C21H33N3O2/c1-4-26-18-14-21(22,20(18,2)3)19(25)23-11-7-12-24-13-10-16-8-5-6-9-17(16)15-24/h5-6,8-9,18H,4,7,10-15,22H2,1-3H3,(H,23,25). The number of benzene rings is 1. The summed E-state index contributed by atoms with van der Waals surface area (Å²) in [5.74, 6) is -0.0394. The van der Waals surface area contributed by atoms with Crippen LogP contribution in [0.4, 0.5) is 0 Å². The number of fused-ring (bicyclic) bond motifs is 1. The van der Waals surface area contributed by atoms with E-state index in [0.29, 0.717) is 19.6 Å². The van der Waals surface area contributed by atoms with E-state index in [2.05, 4.69) is 34.5 Å². The molecule has 3 rings (SSSR count). The van der Waals surface area contributed by atoms with Gasteiger partial charge in [-0.15, -0.1) is 0 Å².